The fourth-order valence-corrected chi connectivity index (χ4v) is 5.00. The molecule has 108 valence electrons. The fourth-order valence-electron chi connectivity index (χ4n) is 2.01. The van der Waals surface area contributed by atoms with Crippen molar-refractivity contribution in [1.29, 1.82) is 0 Å². The summed E-state index contributed by atoms with van der Waals surface area (Å²) in [5.41, 5.74) is 0. The van der Waals surface area contributed by atoms with Gasteiger partial charge < -0.3 is 4.74 Å². The Kier molecular flexibility index (Phi) is 5.32. The fraction of sp³-hybridized carbons (Fsp3) is 0.700. The summed E-state index contributed by atoms with van der Waals surface area (Å²) in [7, 11) is -4.94. The molecule has 2 aliphatic rings. The van der Waals surface area contributed by atoms with E-state index in [4.69, 9.17) is 23.4 Å². The highest BCUT2D eigenvalue weighted by Gasteiger charge is 2.19. The first-order chi connectivity index (χ1) is 8.93. The second-order valence-electron chi connectivity index (χ2n) is 4.15. The molecule has 0 radical (unpaired) electrons. The Bertz CT molecular complexity index is 454. The number of hydrogen-bond donors (Lipinski definition) is 0. The lowest BCUT2D eigenvalue weighted by Gasteiger charge is -2.17. The second-order valence-corrected chi connectivity index (χ2v) is 7.33. The normalized spacial score (nSPS) is 18.8. The predicted octanol–water partition coefficient (Wildman–Crippen LogP) is -3.66. The summed E-state index contributed by atoms with van der Waals surface area (Å²) in [4.78, 5) is 3.30. The third-order valence-corrected chi connectivity index (χ3v) is 5.70. The van der Waals surface area contributed by atoms with Crippen LogP contribution in [0.4, 0.5) is 0 Å². The van der Waals surface area contributed by atoms with Crippen LogP contribution < -0.4 is 27.2 Å². The van der Waals surface area contributed by atoms with Crippen LogP contribution in [0.3, 0.4) is 0 Å². The summed E-state index contributed by atoms with van der Waals surface area (Å²) in [6, 6.07) is 0. The van der Waals surface area contributed by atoms with Crippen LogP contribution >= 0.6 is 22.7 Å². The molecule has 1 aliphatic carbocycles. The van der Waals surface area contributed by atoms with E-state index in [-0.39, 0.29) is 0 Å². The summed E-state index contributed by atoms with van der Waals surface area (Å²) in [5, 5.41) is 0. The molecule has 0 amide bonds. The Hall–Kier alpha value is -0.0600. The summed E-state index contributed by atoms with van der Waals surface area (Å²) in [6.07, 6.45) is 4.02. The van der Waals surface area contributed by atoms with Gasteiger partial charge in [-0.15, -0.1) is 10.2 Å². The molecule has 9 heteroatoms. The lowest BCUT2D eigenvalue weighted by atomic mass is 10.4. The van der Waals surface area contributed by atoms with Crippen molar-refractivity contribution in [2.24, 2.45) is 0 Å². The summed E-state index contributed by atoms with van der Waals surface area (Å²) < 4.78 is 43.3. The zero-order valence-electron chi connectivity index (χ0n) is 10.1. The third kappa shape index (κ3) is 5.09. The third-order valence-electron chi connectivity index (χ3n) is 2.81. The van der Waals surface area contributed by atoms with Gasteiger partial charge in [0.05, 0.1) is 0 Å². The molecule has 2 heterocycles. The largest absolute Gasteiger partial charge is 0.368 e. The number of ether oxygens (including phenoxy) is 1. The molecule has 0 bridgehead atoms. The van der Waals surface area contributed by atoms with Gasteiger partial charge in [0.25, 0.3) is 0 Å². The molecule has 0 atom stereocenters. The second kappa shape index (κ2) is 6.59. The minimum atomic E-state index is -4.94. The Labute approximate surface area is 120 Å². The van der Waals surface area contributed by atoms with Crippen LogP contribution in [0.2, 0.25) is 0 Å². The topological polar surface area (TPSA) is 104 Å². The minimum absolute atomic E-state index is 0.898. The van der Waals surface area contributed by atoms with Crippen molar-refractivity contribution in [3.8, 4) is 0 Å². The molecule has 1 saturated heterocycles. The molecule has 19 heavy (non-hydrogen) atoms. The highest BCUT2D eigenvalue weighted by molar-refractivity contribution is 7.27. The van der Waals surface area contributed by atoms with E-state index in [2.05, 4.69) is 4.58 Å². The van der Waals surface area contributed by atoms with E-state index < -0.39 is 10.2 Å². The Morgan fingerprint density at radius 2 is 1.42 bits per heavy atom. The van der Waals surface area contributed by atoms with Crippen LogP contribution in [-0.2, 0) is 17.6 Å². The average molecular weight is 328 g/mol. The van der Waals surface area contributed by atoms with Crippen molar-refractivity contribution >= 4 is 22.7 Å². The SMILES string of the molecule is C1Cc2sc(=[N+]3CCOCC3)sc2C1.[O-][Cl+3]([O-])([O-])[O-]. The molecular weight excluding hydrogens is 314 g/mol. The Balaban J connectivity index is 0.000000232. The van der Waals surface area contributed by atoms with Gasteiger partial charge in [0.1, 0.15) is 13.2 Å². The molecule has 1 aromatic heterocycles. The van der Waals surface area contributed by atoms with E-state index in [9.17, 15) is 0 Å². The first kappa shape index (κ1) is 15.3. The van der Waals surface area contributed by atoms with Crippen LogP contribution in [-0.4, -0.2) is 26.3 Å². The van der Waals surface area contributed by atoms with Gasteiger partial charge in [-0.2, -0.15) is 0 Å². The first-order valence-corrected chi connectivity index (χ1v) is 8.69. The van der Waals surface area contributed by atoms with Crippen LogP contribution in [0.25, 0.3) is 0 Å². The monoisotopic (exact) mass is 327 g/mol. The smallest absolute Gasteiger partial charge is 0.314 e. The number of fused-ring (bicyclic) bond motifs is 1. The molecule has 0 aromatic carbocycles. The van der Waals surface area contributed by atoms with Crippen LogP contribution in [0.5, 0.6) is 0 Å². The van der Waals surface area contributed by atoms with Gasteiger partial charge in [0.2, 0.25) is 0 Å². The summed E-state index contributed by atoms with van der Waals surface area (Å²) in [6.45, 7) is 3.95. The van der Waals surface area contributed by atoms with Crippen molar-refractivity contribution in [2.75, 3.05) is 26.3 Å². The summed E-state index contributed by atoms with van der Waals surface area (Å²) >= 11 is 4.03. The predicted molar refractivity (Wildman–Crippen MR) is 60.0 cm³/mol. The van der Waals surface area contributed by atoms with E-state index in [1.807, 2.05) is 22.7 Å². The molecule has 1 aromatic rings. The van der Waals surface area contributed by atoms with E-state index in [1.54, 1.807) is 9.75 Å². The molecule has 0 N–H and O–H groups in total. The van der Waals surface area contributed by atoms with Gasteiger partial charge in [-0.3, -0.25) is 0 Å². The Morgan fingerprint density at radius 3 is 1.89 bits per heavy atom. The number of aryl methyl sites for hydroxylation is 2. The van der Waals surface area contributed by atoms with Crippen LogP contribution in [0.15, 0.2) is 0 Å². The van der Waals surface area contributed by atoms with Crippen molar-refractivity contribution in [3.05, 3.63) is 13.7 Å². The molecule has 0 spiro atoms. The quantitative estimate of drug-likeness (QED) is 0.457. The number of rotatable bonds is 0. The highest BCUT2D eigenvalue weighted by Crippen LogP contribution is 2.27. The van der Waals surface area contributed by atoms with Gasteiger partial charge in [-0.25, -0.2) is 23.2 Å². The van der Waals surface area contributed by atoms with Gasteiger partial charge in [-0.1, -0.05) is 22.7 Å². The maximum Gasteiger partial charge on any atom is 0.314 e. The Morgan fingerprint density at radius 1 is 0.947 bits per heavy atom. The van der Waals surface area contributed by atoms with Crippen LogP contribution in [0.1, 0.15) is 16.2 Å². The zero-order chi connectivity index (χ0) is 13.9. The lowest BCUT2D eigenvalue weighted by Crippen LogP contribution is -2.68. The molecular formula is C10H14ClNO5S2. The van der Waals surface area contributed by atoms with E-state index in [1.165, 1.54) is 23.2 Å². The number of morpholine rings is 1. The first-order valence-electron chi connectivity index (χ1n) is 5.82. The molecule has 1 fully saturated rings. The van der Waals surface area contributed by atoms with Gasteiger partial charge in [0, 0.05) is 9.75 Å². The van der Waals surface area contributed by atoms with Gasteiger partial charge in [0.15, 0.2) is 13.1 Å². The lowest BCUT2D eigenvalue weighted by molar-refractivity contribution is -2.00. The van der Waals surface area contributed by atoms with Gasteiger partial charge in [-0.05, 0) is 19.3 Å². The number of halogens is 1. The van der Waals surface area contributed by atoms with Gasteiger partial charge >= 0.3 is 3.98 Å². The van der Waals surface area contributed by atoms with Crippen molar-refractivity contribution in [2.45, 2.75) is 19.3 Å². The maximum atomic E-state index is 8.49. The maximum absolute atomic E-state index is 8.49. The van der Waals surface area contributed by atoms with Crippen LogP contribution in [0, 0.1) is 10.2 Å². The highest BCUT2D eigenvalue weighted by atomic mass is 35.7. The number of nitrogens with zero attached hydrogens (tertiary/aromatic N) is 1. The molecule has 0 unspecified atom stereocenters. The molecule has 3 rings (SSSR count). The van der Waals surface area contributed by atoms with E-state index in [0.29, 0.717) is 0 Å². The van der Waals surface area contributed by atoms with Crippen molar-refractivity contribution in [1.82, 2.24) is 4.58 Å². The molecule has 1 aliphatic heterocycles. The number of hydrogen-bond acceptors (Lipinski definition) is 7. The van der Waals surface area contributed by atoms with E-state index >= 15 is 0 Å². The van der Waals surface area contributed by atoms with Crippen molar-refractivity contribution in [3.63, 3.8) is 0 Å². The average Bonchev–Trinajstić information content (AvgIpc) is 2.87. The summed E-state index contributed by atoms with van der Waals surface area (Å²) in [5.74, 6) is 0. The van der Waals surface area contributed by atoms with Crippen molar-refractivity contribution < 1.29 is 33.6 Å². The molecule has 0 saturated carbocycles. The zero-order valence-corrected chi connectivity index (χ0v) is 12.5. The standard InChI is InChI=1S/C10H14NOS2.ClHO4/c1-2-8-9(3-1)14-10(13-8)11-4-6-12-7-5-11;2-1(3,4)5/h1-7H2;(H,2,3,4,5)/q+1;/p-1. The van der Waals surface area contributed by atoms with E-state index in [0.717, 1.165) is 26.3 Å². The molecule has 6 nitrogen and oxygen atoms in total. The minimum Gasteiger partial charge on any atom is -0.368 e.